The van der Waals surface area contributed by atoms with Crippen molar-refractivity contribution in [3.8, 4) is 11.1 Å². The number of sulfone groups is 1. The Kier molecular flexibility index (Phi) is 5.52. The number of rotatable bonds is 4. The maximum absolute atomic E-state index is 12.7. The molecule has 0 saturated heterocycles. The maximum atomic E-state index is 12.7. The molecule has 0 aromatic heterocycles. The molecule has 0 unspecified atom stereocenters. The first kappa shape index (κ1) is 18.4. The Labute approximate surface area is 154 Å². The highest BCUT2D eigenvalue weighted by Gasteiger charge is 2.27. The first-order chi connectivity index (χ1) is 11.8. The van der Waals surface area contributed by atoms with E-state index in [1.165, 1.54) is 5.56 Å². The Morgan fingerprint density at radius 1 is 1.00 bits per heavy atom. The smallest absolute Gasteiger partial charge is 0.180 e. The van der Waals surface area contributed by atoms with Crippen LogP contribution in [-0.2, 0) is 9.84 Å². The number of halogens is 1. The Bertz CT molecular complexity index is 836. The molecule has 1 fully saturated rings. The molecule has 134 valence electrons. The average Bonchev–Trinajstić information content (AvgIpc) is 2.57. The Balaban J connectivity index is 1.81. The largest absolute Gasteiger partial charge is 0.393 e. The molecule has 25 heavy (non-hydrogen) atoms. The monoisotopic (exact) mass is 378 g/mol. The van der Waals surface area contributed by atoms with Crippen LogP contribution in [0, 0.1) is 12.8 Å². The van der Waals surface area contributed by atoms with Gasteiger partial charge in [-0.05, 0) is 61.8 Å². The van der Waals surface area contributed by atoms with Gasteiger partial charge in [-0.15, -0.1) is 0 Å². The second-order valence-corrected chi connectivity index (χ2v) is 9.38. The Hall–Kier alpha value is -1.36. The summed E-state index contributed by atoms with van der Waals surface area (Å²) < 4.78 is 25.5. The summed E-state index contributed by atoms with van der Waals surface area (Å²) >= 11 is 6.32. The molecule has 0 bridgehead atoms. The topological polar surface area (TPSA) is 54.4 Å². The van der Waals surface area contributed by atoms with E-state index in [9.17, 15) is 13.5 Å². The van der Waals surface area contributed by atoms with Crippen molar-refractivity contribution in [2.75, 3.05) is 5.75 Å². The lowest BCUT2D eigenvalue weighted by Gasteiger charge is -2.25. The first-order valence-electron chi connectivity index (χ1n) is 8.62. The Morgan fingerprint density at radius 3 is 2.20 bits per heavy atom. The van der Waals surface area contributed by atoms with Crippen LogP contribution in [0.5, 0.6) is 0 Å². The minimum absolute atomic E-state index is 0.0984. The van der Waals surface area contributed by atoms with Crippen molar-refractivity contribution >= 4 is 21.4 Å². The predicted molar refractivity (Wildman–Crippen MR) is 102 cm³/mol. The van der Waals surface area contributed by atoms with E-state index < -0.39 is 9.84 Å². The normalized spacial score (nSPS) is 21.2. The summed E-state index contributed by atoms with van der Waals surface area (Å²) in [5, 5.41) is 9.84. The molecule has 2 aromatic rings. The molecule has 1 saturated carbocycles. The van der Waals surface area contributed by atoms with Gasteiger partial charge in [-0.25, -0.2) is 8.42 Å². The second-order valence-electron chi connectivity index (χ2n) is 6.97. The van der Waals surface area contributed by atoms with Crippen molar-refractivity contribution in [2.45, 2.75) is 43.6 Å². The van der Waals surface area contributed by atoms with Gasteiger partial charge in [0.2, 0.25) is 0 Å². The zero-order valence-corrected chi connectivity index (χ0v) is 15.9. The van der Waals surface area contributed by atoms with Crippen LogP contribution in [0.15, 0.2) is 47.4 Å². The lowest BCUT2D eigenvalue weighted by molar-refractivity contribution is 0.113. The van der Waals surface area contributed by atoms with Gasteiger partial charge in [0.15, 0.2) is 9.84 Å². The van der Waals surface area contributed by atoms with Gasteiger partial charge in [-0.2, -0.15) is 0 Å². The molecule has 0 spiro atoms. The van der Waals surface area contributed by atoms with Crippen LogP contribution in [0.4, 0.5) is 0 Å². The Morgan fingerprint density at radius 2 is 1.60 bits per heavy atom. The number of aliphatic hydroxyl groups is 1. The molecule has 3 nitrogen and oxygen atoms in total. The predicted octanol–water partition coefficient (Wildman–Crippen LogP) is 4.64. The summed E-state index contributed by atoms with van der Waals surface area (Å²) in [6.45, 7) is 2.02. The van der Waals surface area contributed by atoms with Gasteiger partial charge in [0.1, 0.15) is 0 Å². The van der Waals surface area contributed by atoms with Crippen LogP contribution in [-0.4, -0.2) is 25.4 Å². The van der Waals surface area contributed by atoms with Crippen molar-refractivity contribution in [1.29, 1.82) is 0 Å². The van der Waals surface area contributed by atoms with Gasteiger partial charge < -0.3 is 5.11 Å². The molecule has 0 atom stereocenters. The number of hydrogen-bond donors (Lipinski definition) is 1. The van der Waals surface area contributed by atoms with Crippen molar-refractivity contribution in [1.82, 2.24) is 0 Å². The summed E-state index contributed by atoms with van der Waals surface area (Å²) in [5.74, 6) is 0.199. The van der Waals surface area contributed by atoms with Crippen LogP contribution in [0.25, 0.3) is 11.1 Å². The quantitative estimate of drug-likeness (QED) is 0.843. The van der Waals surface area contributed by atoms with E-state index >= 15 is 0 Å². The second kappa shape index (κ2) is 7.48. The summed E-state index contributed by atoms with van der Waals surface area (Å²) in [6.07, 6.45) is 2.58. The zero-order chi connectivity index (χ0) is 18.0. The molecule has 1 N–H and O–H groups in total. The third-order valence-corrected chi connectivity index (χ3v) is 7.28. The summed E-state index contributed by atoms with van der Waals surface area (Å²) in [6, 6.07) is 13.2. The van der Waals surface area contributed by atoms with Crippen LogP contribution < -0.4 is 0 Å². The molecule has 2 aromatic carbocycles. The minimum atomic E-state index is -3.43. The van der Waals surface area contributed by atoms with Crippen molar-refractivity contribution in [2.24, 2.45) is 5.92 Å². The van der Waals surface area contributed by atoms with E-state index in [4.69, 9.17) is 11.6 Å². The summed E-state index contributed by atoms with van der Waals surface area (Å²) in [7, 11) is -3.43. The van der Waals surface area contributed by atoms with E-state index in [-0.39, 0.29) is 27.7 Å². The van der Waals surface area contributed by atoms with Gasteiger partial charge in [0.05, 0.1) is 21.8 Å². The van der Waals surface area contributed by atoms with Gasteiger partial charge in [0, 0.05) is 0 Å². The van der Waals surface area contributed by atoms with E-state index in [2.05, 4.69) is 0 Å². The highest BCUT2D eigenvalue weighted by atomic mass is 35.5. The molecule has 0 amide bonds. The molecule has 1 aliphatic rings. The van der Waals surface area contributed by atoms with Crippen molar-refractivity contribution < 1.29 is 13.5 Å². The third kappa shape index (κ3) is 4.43. The fourth-order valence-corrected chi connectivity index (χ4v) is 5.69. The fourth-order valence-electron chi connectivity index (χ4n) is 3.39. The van der Waals surface area contributed by atoms with E-state index in [1.807, 2.05) is 37.3 Å². The van der Waals surface area contributed by atoms with E-state index in [0.717, 1.165) is 24.0 Å². The maximum Gasteiger partial charge on any atom is 0.180 e. The van der Waals surface area contributed by atoms with Crippen LogP contribution >= 0.6 is 11.6 Å². The van der Waals surface area contributed by atoms with Gasteiger partial charge in [0.25, 0.3) is 0 Å². The van der Waals surface area contributed by atoms with Gasteiger partial charge in [-0.1, -0.05) is 47.5 Å². The minimum Gasteiger partial charge on any atom is -0.393 e. The number of hydrogen-bond acceptors (Lipinski definition) is 3. The third-order valence-electron chi connectivity index (χ3n) is 4.92. The first-order valence-corrected chi connectivity index (χ1v) is 10.7. The highest BCUT2D eigenvalue weighted by molar-refractivity contribution is 7.91. The number of aryl methyl sites for hydroxylation is 1. The number of benzene rings is 2. The molecule has 0 aliphatic heterocycles. The van der Waals surface area contributed by atoms with Crippen molar-refractivity contribution in [3.05, 3.63) is 53.1 Å². The molecular formula is C20H23ClO3S. The molecule has 0 heterocycles. The standard InChI is InChI=1S/C20H23ClO3S/c1-14-2-6-16(7-3-14)17-8-11-20(19(21)12-17)25(23,24)13-15-4-9-18(22)10-5-15/h2-3,6-8,11-12,15,18,22H,4-5,9-10,13H2,1H3. The SMILES string of the molecule is Cc1ccc(-c2ccc(S(=O)(=O)CC3CCC(O)CC3)c(Cl)c2)cc1. The van der Waals surface area contributed by atoms with Crippen LogP contribution in [0.2, 0.25) is 5.02 Å². The summed E-state index contributed by atoms with van der Waals surface area (Å²) in [4.78, 5) is 0.205. The van der Waals surface area contributed by atoms with E-state index in [1.54, 1.807) is 12.1 Å². The highest BCUT2D eigenvalue weighted by Crippen LogP contribution is 2.32. The average molecular weight is 379 g/mol. The fraction of sp³-hybridized carbons (Fsp3) is 0.400. The summed E-state index contributed by atoms with van der Waals surface area (Å²) in [5.41, 5.74) is 3.09. The van der Waals surface area contributed by atoms with Crippen molar-refractivity contribution in [3.63, 3.8) is 0 Å². The van der Waals surface area contributed by atoms with Crippen LogP contribution in [0.1, 0.15) is 31.2 Å². The van der Waals surface area contributed by atoms with Crippen LogP contribution in [0.3, 0.4) is 0 Å². The zero-order valence-electron chi connectivity index (χ0n) is 14.3. The molecule has 5 heteroatoms. The lowest BCUT2D eigenvalue weighted by atomic mass is 9.89. The molecule has 0 radical (unpaired) electrons. The van der Waals surface area contributed by atoms with E-state index in [0.29, 0.717) is 12.8 Å². The van der Waals surface area contributed by atoms with Gasteiger partial charge >= 0.3 is 0 Å². The van der Waals surface area contributed by atoms with Gasteiger partial charge in [-0.3, -0.25) is 0 Å². The molecular weight excluding hydrogens is 356 g/mol. The lowest BCUT2D eigenvalue weighted by Crippen LogP contribution is -2.24. The molecule has 1 aliphatic carbocycles. The number of aliphatic hydroxyl groups excluding tert-OH is 1. The molecule has 3 rings (SSSR count).